The maximum Gasteiger partial charge on any atom is 0.261 e. The summed E-state index contributed by atoms with van der Waals surface area (Å²) in [5.41, 5.74) is 3.52. The van der Waals surface area contributed by atoms with Crippen LogP contribution in [0, 0.1) is 12.7 Å². The van der Waals surface area contributed by atoms with E-state index in [1.165, 1.54) is 45.6 Å². The molecule has 2 amide bonds. The van der Waals surface area contributed by atoms with E-state index in [0.29, 0.717) is 24.5 Å². The monoisotopic (exact) mass is 659 g/mol. The van der Waals surface area contributed by atoms with E-state index in [-0.39, 0.29) is 43.4 Å². The first kappa shape index (κ1) is 33.8. The van der Waals surface area contributed by atoms with Gasteiger partial charge in [0.25, 0.3) is 5.91 Å². The number of ether oxygens (including phenoxy) is 2. The predicted octanol–water partition coefficient (Wildman–Crippen LogP) is 4.49. The second-order valence-electron chi connectivity index (χ2n) is 11.3. The molecule has 0 saturated carbocycles. The zero-order chi connectivity index (χ0) is 33.2. The van der Waals surface area contributed by atoms with Crippen molar-refractivity contribution in [2.24, 2.45) is 0 Å². The van der Waals surface area contributed by atoms with Crippen LogP contribution in [-0.2, 0) is 43.9 Å². The van der Waals surface area contributed by atoms with Crippen molar-refractivity contribution < 1.29 is 31.9 Å². The van der Waals surface area contributed by atoms with Crippen molar-refractivity contribution in [3.8, 4) is 5.75 Å². The van der Waals surface area contributed by atoms with Gasteiger partial charge in [-0.2, -0.15) is 4.31 Å². The summed E-state index contributed by atoms with van der Waals surface area (Å²) >= 11 is 0. The molecule has 9 nitrogen and oxygen atoms in total. The summed E-state index contributed by atoms with van der Waals surface area (Å²) in [4.78, 5) is 29.3. The molecule has 1 aliphatic heterocycles. The lowest BCUT2D eigenvalue weighted by Crippen LogP contribution is -2.51. The largest absolute Gasteiger partial charge is 0.484 e. The van der Waals surface area contributed by atoms with Gasteiger partial charge in [0.1, 0.15) is 17.6 Å². The molecular weight excluding hydrogens is 621 g/mol. The normalized spacial score (nSPS) is 14.3. The number of hydrogen-bond donors (Lipinski definition) is 1. The van der Waals surface area contributed by atoms with Crippen LogP contribution in [0.1, 0.15) is 22.3 Å². The Labute approximate surface area is 275 Å². The van der Waals surface area contributed by atoms with E-state index in [2.05, 4.69) is 5.32 Å². The number of sulfonamides is 1. The molecule has 0 unspecified atom stereocenters. The first-order valence-corrected chi connectivity index (χ1v) is 16.8. The summed E-state index contributed by atoms with van der Waals surface area (Å²) in [7, 11) is -3.69. The first-order chi connectivity index (χ1) is 22.7. The number of carbonyl (C=O) groups is 2. The lowest BCUT2D eigenvalue weighted by atomic mass is 10.0. The fourth-order valence-electron chi connectivity index (χ4n) is 5.23. The minimum absolute atomic E-state index is 0.0364. The Bertz CT molecular complexity index is 1730. The van der Waals surface area contributed by atoms with Crippen LogP contribution in [0.4, 0.5) is 4.39 Å². The Morgan fingerprint density at radius 1 is 0.872 bits per heavy atom. The van der Waals surface area contributed by atoms with E-state index < -0.39 is 34.4 Å². The highest BCUT2D eigenvalue weighted by atomic mass is 32.2. The Hall–Kier alpha value is -4.58. The predicted molar refractivity (Wildman–Crippen MR) is 175 cm³/mol. The van der Waals surface area contributed by atoms with Gasteiger partial charge in [-0.15, -0.1) is 0 Å². The molecule has 1 N–H and O–H groups in total. The molecule has 1 atom stereocenters. The van der Waals surface area contributed by atoms with Gasteiger partial charge >= 0.3 is 0 Å². The summed E-state index contributed by atoms with van der Waals surface area (Å²) < 4.78 is 52.2. The fraction of sp³-hybridized carbons (Fsp3) is 0.278. The van der Waals surface area contributed by atoms with Crippen LogP contribution in [0.2, 0.25) is 0 Å². The lowest BCUT2D eigenvalue weighted by Gasteiger charge is -2.31. The van der Waals surface area contributed by atoms with E-state index in [1.54, 1.807) is 12.1 Å². The van der Waals surface area contributed by atoms with E-state index in [1.807, 2.05) is 61.5 Å². The Kier molecular flexibility index (Phi) is 11.4. The maximum absolute atomic E-state index is 13.9. The first-order valence-electron chi connectivity index (χ1n) is 15.4. The number of aryl methyl sites for hydroxylation is 1. The van der Waals surface area contributed by atoms with Crippen molar-refractivity contribution in [3.05, 3.63) is 131 Å². The van der Waals surface area contributed by atoms with Gasteiger partial charge in [0.15, 0.2) is 6.61 Å². The molecule has 1 aliphatic rings. The lowest BCUT2D eigenvalue weighted by molar-refractivity contribution is -0.142. The number of amides is 2. The summed E-state index contributed by atoms with van der Waals surface area (Å²) in [5.74, 6) is -0.927. The summed E-state index contributed by atoms with van der Waals surface area (Å²) in [5, 5.41) is 2.99. The molecular formula is C36H38FN3O6S. The second kappa shape index (κ2) is 15.8. The molecule has 0 radical (unpaired) electrons. The van der Waals surface area contributed by atoms with E-state index in [0.717, 1.165) is 16.7 Å². The highest BCUT2D eigenvalue weighted by Crippen LogP contribution is 2.21. The second-order valence-corrected chi connectivity index (χ2v) is 13.3. The van der Waals surface area contributed by atoms with E-state index in [4.69, 9.17) is 9.47 Å². The number of hydrogen-bond acceptors (Lipinski definition) is 6. The number of nitrogens with one attached hydrogen (secondary N) is 1. The van der Waals surface area contributed by atoms with Crippen molar-refractivity contribution in [1.29, 1.82) is 0 Å². The maximum atomic E-state index is 13.9. The fourth-order valence-corrected chi connectivity index (χ4v) is 6.63. The highest BCUT2D eigenvalue weighted by molar-refractivity contribution is 7.89. The average Bonchev–Trinajstić information content (AvgIpc) is 3.10. The highest BCUT2D eigenvalue weighted by Gasteiger charge is 2.31. The molecule has 4 aromatic rings. The molecule has 0 spiro atoms. The summed E-state index contributed by atoms with van der Waals surface area (Å²) in [6, 6.07) is 28.0. The number of morpholine rings is 1. The van der Waals surface area contributed by atoms with Crippen molar-refractivity contribution in [2.75, 3.05) is 32.9 Å². The molecule has 4 aromatic carbocycles. The quantitative estimate of drug-likeness (QED) is 0.227. The van der Waals surface area contributed by atoms with Gasteiger partial charge in [-0.1, -0.05) is 72.3 Å². The third-order valence-corrected chi connectivity index (χ3v) is 9.83. The molecule has 1 heterocycles. The molecule has 47 heavy (non-hydrogen) atoms. The van der Waals surface area contributed by atoms with Crippen LogP contribution in [-0.4, -0.2) is 68.4 Å². The Morgan fingerprint density at radius 2 is 1.51 bits per heavy atom. The topological polar surface area (TPSA) is 105 Å². The molecule has 1 fully saturated rings. The smallest absolute Gasteiger partial charge is 0.261 e. The zero-order valence-corrected chi connectivity index (χ0v) is 27.0. The molecule has 1 saturated heterocycles. The van der Waals surface area contributed by atoms with Gasteiger partial charge < -0.3 is 19.7 Å². The molecule has 11 heteroatoms. The SMILES string of the molecule is Cc1ccc(CNC(=O)[C@H](Cc2ccccc2)N(Cc2ccc(F)cc2)C(=O)COc2ccc(S(=O)(=O)N3CCOCC3)cc2)cc1. The molecule has 0 aromatic heterocycles. The third kappa shape index (κ3) is 9.25. The van der Waals surface area contributed by atoms with Gasteiger partial charge in [-0.05, 0) is 60.0 Å². The Morgan fingerprint density at radius 3 is 2.17 bits per heavy atom. The van der Waals surface area contributed by atoms with Gasteiger partial charge in [-0.3, -0.25) is 9.59 Å². The van der Waals surface area contributed by atoms with Gasteiger partial charge in [0.2, 0.25) is 15.9 Å². The number of carbonyl (C=O) groups excluding carboxylic acids is 2. The van der Waals surface area contributed by atoms with Gasteiger partial charge in [-0.25, -0.2) is 12.8 Å². The van der Waals surface area contributed by atoms with Crippen LogP contribution >= 0.6 is 0 Å². The molecule has 246 valence electrons. The Balaban J connectivity index is 1.35. The van der Waals surface area contributed by atoms with Crippen LogP contribution < -0.4 is 10.1 Å². The minimum Gasteiger partial charge on any atom is -0.484 e. The van der Waals surface area contributed by atoms with Gasteiger partial charge in [0.05, 0.1) is 18.1 Å². The van der Waals surface area contributed by atoms with Crippen LogP contribution in [0.5, 0.6) is 5.75 Å². The molecule has 0 aliphatic carbocycles. The van der Waals surface area contributed by atoms with Crippen molar-refractivity contribution in [2.45, 2.75) is 37.4 Å². The minimum atomic E-state index is -3.69. The summed E-state index contributed by atoms with van der Waals surface area (Å²) in [6.07, 6.45) is 0.238. The van der Waals surface area contributed by atoms with Crippen molar-refractivity contribution in [1.82, 2.24) is 14.5 Å². The standard InChI is InChI=1S/C36H38FN3O6S/c1-27-7-9-29(10-8-27)24-38-36(42)34(23-28-5-3-2-4-6-28)40(25-30-11-13-31(37)14-12-30)35(41)26-46-32-15-17-33(18-16-32)47(43,44)39-19-21-45-22-20-39/h2-18,34H,19-26H2,1H3,(H,38,42)/t34-/m0/s1. The molecule has 0 bridgehead atoms. The third-order valence-electron chi connectivity index (χ3n) is 7.92. The van der Waals surface area contributed by atoms with Crippen LogP contribution in [0.15, 0.2) is 108 Å². The van der Waals surface area contributed by atoms with Crippen molar-refractivity contribution >= 4 is 21.8 Å². The molecule has 5 rings (SSSR count). The zero-order valence-electron chi connectivity index (χ0n) is 26.2. The van der Waals surface area contributed by atoms with E-state index in [9.17, 15) is 22.4 Å². The summed E-state index contributed by atoms with van der Waals surface area (Å²) in [6.45, 7) is 3.13. The van der Waals surface area contributed by atoms with E-state index >= 15 is 0 Å². The van der Waals surface area contributed by atoms with Crippen LogP contribution in [0.25, 0.3) is 0 Å². The van der Waals surface area contributed by atoms with Gasteiger partial charge in [0, 0.05) is 32.6 Å². The number of rotatable bonds is 13. The average molecular weight is 660 g/mol. The number of nitrogens with zero attached hydrogens (tertiary/aromatic N) is 2. The van der Waals surface area contributed by atoms with Crippen molar-refractivity contribution in [3.63, 3.8) is 0 Å². The number of benzene rings is 4. The number of halogens is 1. The van der Waals surface area contributed by atoms with Crippen LogP contribution in [0.3, 0.4) is 0 Å².